The van der Waals surface area contributed by atoms with E-state index in [2.05, 4.69) is 42.9 Å². The summed E-state index contributed by atoms with van der Waals surface area (Å²) in [6.45, 7) is 0. The molecule has 9 heteroatoms. The lowest BCUT2D eigenvalue weighted by molar-refractivity contribution is -0.113. The monoisotopic (exact) mass is 495 g/mol. The Bertz CT molecular complexity index is 1130. The van der Waals surface area contributed by atoms with Crippen molar-refractivity contribution in [2.45, 2.75) is 68.6 Å². The molecule has 0 saturated heterocycles. The number of thiophene rings is 1. The van der Waals surface area contributed by atoms with E-state index in [1.165, 1.54) is 35.9 Å². The number of rotatable bonds is 9. The van der Waals surface area contributed by atoms with E-state index in [0.29, 0.717) is 17.3 Å². The fourth-order valence-corrected chi connectivity index (χ4v) is 5.92. The number of para-hydroxylation sites is 1. The maximum absolute atomic E-state index is 12.8. The summed E-state index contributed by atoms with van der Waals surface area (Å²) < 4.78 is 2.27. The second-order valence-corrected chi connectivity index (χ2v) is 10.9. The molecule has 2 aliphatic carbocycles. The smallest absolute Gasteiger partial charge is 0.253 e. The molecule has 2 heterocycles. The van der Waals surface area contributed by atoms with E-state index in [9.17, 15) is 9.59 Å². The van der Waals surface area contributed by atoms with E-state index < -0.39 is 0 Å². The largest absolute Gasteiger partial charge is 0.349 e. The summed E-state index contributed by atoms with van der Waals surface area (Å²) in [7, 11) is 0. The summed E-state index contributed by atoms with van der Waals surface area (Å²) >= 11 is 3.14. The first kappa shape index (κ1) is 23.1. The Kier molecular flexibility index (Phi) is 7.30. The van der Waals surface area contributed by atoms with Gasteiger partial charge in [-0.05, 0) is 49.3 Å². The van der Waals surface area contributed by atoms with Gasteiger partial charge in [-0.2, -0.15) is 0 Å². The van der Waals surface area contributed by atoms with E-state index in [-0.39, 0.29) is 23.6 Å². The molecule has 2 amide bonds. The number of aromatic nitrogens is 3. The molecule has 0 bridgehead atoms. The van der Waals surface area contributed by atoms with E-state index in [4.69, 9.17) is 0 Å². The maximum Gasteiger partial charge on any atom is 0.253 e. The van der Waals surface area contributed by atoms with Crippen LogP contribution >= 0.6 is 23.1 Å². The molecule has 0 spiro atoms. The summed E-state index contributed by atoms with van der Waals surface area (Å²) in [5.41, 5.74) is 1.04. The molecule has 5 rings (SSSR count). The van der Waals surface area contributed by atoms with Gasteiger partial charge in [0.2, 0.25) is 5.91 Å². The van der Waals surface area contributed by atoms with Crippen LogP contribution in [0.1, 0.15) is 72.0 Å². The lowest BCUT2D eigenvalue weighted by atomic mass is 9.95. The van der Waals surface area contributed by atoms with Gasteiger partial charge in [0.15, 0.2) is 5.16 Å². The maximum atomic E-state index is 12.8. The second kappa shape index (κ2) is 10.7. The molecule has 1 aromatic carbocycles. The summed E-state index contributed by atoms with van der Waals surface area (Å²) in [5, 5.41) is 17.8. The standard InChI is InChI=1S/C25H29N5O2S2/c31-23(27-21-11-5-4-10-20(21)24(32)26-17-12-13-17)16-34-25-29-28-22(15-19-9-6-14-33-19)30(25)18-7-2-1-3-8-18/h4-6,9-11,14,17-18H,1-3,7-8,12-13,15-16H2,(H,26,32)(H,27,31). The Morgan fingerprint density at radius 1 is 1.03 bits per heavy atom. The Labute approximate surface area is 207 Å². The van der Waals surface area contributed by atoms with Gasteiger partial charge in [-0.3, -0.25) is 9.59 Å². The Hall–Kier alpha value is -2.65. The van der Waals surface area contributed by atoms with Crippen molar-refractivity contribution in [2.24, 2.45) is 0 Å². The molecular weight excluding hydrogens is 466 g/mol. The molecule has 178 valence electrons. The highest BCUT2D eigenvalue weighted by Gasteiger charge is 2.26. The molecule has 0 atom stereocenters. The first-order valence-corrected chi connectivity index (χ1v) is 13.8. The Morgan fingerprint density at radius 2 is 1.85 bits per heavy atom. The quantitative estimate of drug-likeness (QED) is 0.405. The lowest BCUT2D eigenvalue weighted by Crippen LogP contribution is -2.27. The molecule has 34 heavy (non-hydrogen) atoms. The molecule has 2 saturated carbocycles. The topological polar surface area (TPSA) is 88.9 Å². The lowest BCUT2D eigenvalue weighted by Gasteiger charge is -2.25. The number of hydrogen-bond donors (Lipinski definition) is 2. The minimum Gasteiger partial charge on any atom is -0.349 e. The van der Waals surface area contributed by atoms with Crippen LogP contribution < -0.4 is 10.6 Å². The predicted octanol–water partition coefficient (Wildman–Crippen LogP) is 5.06. The SMILES string of the molecule is O=C(CSc1nnc(Cc2cccs2)n1C1CCCCC1)Nc1ccccc1C(=O)NC1CC1. The van der Waals surface area contributed by atoms with Crippen molar-refractivity contribution in [1.82, 2.24) is 20.1 Å². The Balaban J connectivity index is 1.27. The van der Waals surface area contributed by atoms with Crippen LogP contribution in [-0.4, -0.2) is 38.4 Å². The highest BCUT2D eigenvalue weighted by molar-refractivity contribution is 7.99. The fourth-order valence-electron chi connectivity index (χ4n) is 4.40. The van der Waals surface area contributed by atoms with Crippen LogP contribution in [0.4, 0.5) is 5.69 Å². The third-order valence-electron chi connectivity index (χ3n) is 6.28. The fraction of sp³-hybridized carbons (Fsp3) is 0.440. The zero-order valence-corrected chi connectivity index (χ0v) is 20.7. The van der Waals surface area contributed by atoms with Crippen LogP contribution in [0, 0.1) is 0 Å². The van der Waals surface area contributed by atoms with E-state index in [1.54, 1.807) is 23.5 Å². The number of carbonyl (C=O) groups excluding carboxylic acids is 2. The second-order valence-electron chi connectivity index (χ2n) is 8.95. The average molecular weight is 496 g/mol. The number of anilines is 1. The molecule has 2 fully saturated rings. The molecule has 2 N–H and O–H groups in total. The van der Waals surface area contributed by atoms with Crippen LogP contribution in [0.3, 0.4) is 0 Å². The molecule has 2 aliphatic rings. The van der Waals surface area contributed by atoms with Crippen molar-refractivity contribution in [3.63, 3.8) is 0 Å². The highest BCUT2D eigenvalue weighted by atomic mass is 32.2. The zero-order chi connectivity index (χ0) is 23.3. The van der Waals surface area contributed by atoms with Gasteiger partial charge in [0, 0.05) is 23.4 Å². The highest BCUT2D eigenvalue weighted by Crippen LogP contribution is 2.33. The number of nitrogens with zero attached hydrogens (tertiary/aromatic N) is 3. The minimum atomic E-state index is -0.158. The number of nitrogens with one attached hydrogen (secondary N) is 2. The van der Waals surface area contributed by atoms with Crippen molar-refractivity contribution in [3.05, 3.63) is 58.0 Å². The molecule has 7 nitrogen and oxygen atoms in total. The van der Waals surface area contributed by atoms with Crippen LogP contribution in [0.25, 0.3) is 0 Å². The van der Waals surface area contributed by atoms with Gasteiger partial charge in [0.25, 0.3) is 5.91 Å². The van der Waals surface area contributed by atoms with E-state index in [1.807, 2.05) is 12.1 Å². The predicted molar refractivity (Wildman–Crippen MR) is 136 cm³/mol. The number of thioether (sulfide) groups is 1. The van der Waals surface area contributed by atoms with Gasteiger partial charge >= 0.3 is 0 Å². The van der Waals surface area contributed by atoms with Crippen LogP contribution in [0.5, 0.6) is 0 Å². The first-order valence-electron chi connectivity index (χ1n) is 12.0. The van der Waals surface area contributed by atoms with Gasteiger partial charge in [-0.15, -0.1) is 21.5 Å². The zero-order valence-electron chi connectivity index (χ0n) is 19.0. The summed E-state index contributed by atoms with van der Waals surface area (Å²) in [4.78, 5) is 26.6. The summed E-state index contributed by atoms with van der Waals surface area (Å²) in [6.07, 6.45) is 8.75. The summed E-state index contributed by atoms with van der Waals surface area (Å²) in [6, 6.07) is 12.0. The van der Waals surface area contributed by atoms with Gasteiger partial charge in [0.05, 0.1) is 17.0 Å². The van der Waals surface area contributed by atoms with Crippen molar-refractivity contribution in [1.29, 1.82) is 0 Å². The first-order chi connectivity index (χ1) is 16.7. The van der Waals surface area contributed by atoms with Crippen LogP contribution in [-0.2, 0) is 11.2 Å². The minimum absolute atomic E-state index is 0.138. The van der Waals surface area contributed by atoms with E-state index in [0.717, 1.165) is 43.1 Å². The third-order valence-corrected chi connectivity index (χ3v) is 8.10. The van der Waals surface area contributed by atoms with Gasteiger partial charge < -0.3 is 15.2 Å². The Morgan fingerprint density at radius 3 is 2.62 bits per heavy atom. The van der Waals surface area contributed by atoms with Crippen molar-refractivity contribution < 1.29 is 9.59 Å². The van der Waals surface area contributed by atoms with Crippen molar-refractivity contribution in [2.75, 3.05) is 11.1 Å². The van der Waals surface area contributed by atoms with E-state index >= 15 is 0 Å². The van der Waals surface area contributed by atoms with Gasteiger partial charge in [0.1, 0.15) is 5.82 Å². The molecular formula is C25H29N5O2S2. The number of amides is 2. The summed E-state index contributed by atoms with van der Waals surface area (Å²) in [5.74, 6) is 0.887. The van der Waals surface area contributed by atoms with Gasteiger partial charge in [-0.25, -0.2) is 0 Å². The molecule has 0 radical (unpaired) electrons. The molecule has 0 unspecified atom stereocenters. The molecule has 3 aromatic rings. The van der Waals surface area contributed by atoms with Crippen molar-refractivity contribution >= 4 is 40.6 Å². The van der Waals surface area contributed by atoms with Crippen molar-refractivity contribution in [3.8, 4) is 0 Å². The third kappa shape index (κ3) is 5.70. The number of carbonyl (C=O) groups is 2. The number of benzene rings is 1. The van der Waals surface area contributed by atoms with Crippen LogP contribution in [0.15, 0.2) is 46.9 Å². The normalized spacial score (nSPS) is 16.4. The number of hydrogen-bond acceptors (Lipinski definition) is 6. The van der Waals surface area contributed by atoms with Gasteiger partial charge in [-0.1, -0.05) is 49.2 Å². The van der Waals surface area contributed by atoms with Crippen LogP contribution in [0.2, 0.25) is 0 Å². The molecule has 2 aromatic heterocycles. The molecule has 0 aliphatic heterocycles. The average Bonchev–Trinajstić information content (AvgIpc) is 3.35.